The summed E-state index contributed by atoms with van der Waals surface area (Å²) in [6.45, 7) is 7.18. The first-order valence-electron chi connectivity index (χ1n) is 8.22. The molecule has 132 valence electrons. The van der Waals surface area contributed by atoms with Crippen LogP contribution in [0.5, 0.6) is 0 Å². The molecule has 0 aliphatic rings. The molecular weight excluding hydrogens is 314 g/mol. The van der Waals surface area contributed by atoms with E-state index in [-0.39, 0.29) is 17.5 Å². The molecule has 6 heteroatoms. The van der Waals surface area contributed by atoms with Gasteiger partial charge in [0.25, 0.3) is 0 Å². The number of unbranched alkanes of at least 4 members (excludes halogenated alkanes) is 2. The molecule has 1 atom stereocenters. The summed E-state index contributed by atoms with van der Waals surface area (Å²) in [6.07, 6.45) is 6.59. The maximum atomic E-state index is 12.0. The lowest BCUT2D eigenvalue weighted by Gasteiger charge is -2.19. The first-order chi connectivity index (χ1) is 11.2. The van der Waals surface area contributed by atoms with Gasteiger partial charge < -0.3 is 14.2 Å². The number of hydrogen-bond acceptors (Lipinski definition) is 6. The fourth-order valence-corrected chi connectivity index (χ4v) is 2.85. The number of thioether (sulfide) groups is 1. The van der Waals surface area contributed by atoms with E-state index in [1.54, 1.807) is 6.92 Å². The number of hydrogen-bond donors (Lipinski definition) is 0. The molecule has 0 fully saturated rings. The molecule has 23 heavy (non-hydrogen) atoms. The maximum Gasteiger partial charge on any atom is 0.319 e. The van der Waals surface area contributed by atoms with E-state index >= 15 is 0 Å². The van der Waals surface area contributed by atoms with Gasteiger partial charge in [-0.2, -0.15) is 5.26 Å². The molecule has 0 aromatic carbocycles. The first kappa shape index (κ1) is 22.0. The number of carbonyl (C=O) groups is 1. The Kier molecular flexibility index (Phi) is 15.1. The van der Waals surface area contributed by atoms with Crippen LogP contribution in [0.2, 0.25) is 0 Å². The largest absolute Gasteiger partial charge is 0.465 e. The molecule has 0 spiro atoms. The Bertz CT molecular complexity index is 362. The second-order valence-corrected chi connectivity index (χ2v) is 5.91. The van der Waals surface area contributed by atoms with Crippen LogP contribution in [0.25, 0.3) is 0 Å². The maximum absolute atomic E-state index is 12.0. The molecule has 0 saturated heterocycles. The van der Waals surface area contributed by atoms with E-state index in [2.05, 4.69) is 6.07 Å². The fourth-order valence-electron chi connectivity index (χ4n) is 1.82. The molecule has 0 aliphatic heterocycles. The van der Waals surface area contributed by atoms with Crippen molar-refractivity contribution in [1.82, 2.24) is 0 Å². The number of allylic oxidation sites excluding steroid dienone is 2. The summed E-state index contributed by atoms with van der Waals surface area (Å²) in [5.41, 5.74) is 0. The van der Waals surface area contributed by atoms with Gasteiger partial charge in [0.1, 0.15) is 5.25 Å². The average Bonchev–Trinajstić information content (AvgIpc) is 2.53. The molecule has 0 bridgehead atoms. The molecule has 0 amide bonds. The predicted octanol–water partition coefficient (Wildman–Crippen LogP) is 3.69. The summed E-state index contributed by atoms with van der Waals surface area (Å²) in [4.78, 5) is 12.0. The van der Waals surface area contributed by atoms with Gasteiger partial charge in [0.2, 0.25) is 0 Å². The quantitative estimate of drug-likeness (QED) is 0.207. The summed E-state index contributed by atoms with van der Waals surface area (Å²) in [6, 6.07) is 2.12. The van der Waals surface area contributed by atoms with Crippen LogP contribution in [-0.4, -0.2) is 43.1 Å². The fraction of sp³-hybridized carbons (Fsp3) is 0.765. The third-order valence-corrected chi connectivity index (χ3v) is 4.12. The molecule has 1 unspecified atom stereocenters. The highest BCUT2D eigenvalue weighted by atomic mass is 32.2. The smallest absolute Gasteiger partial charge is 0.319 e. The Morgan fingerprint density at radius 1 is 1.17 bits per heavy atom. The Morgan fingerprint density at radius 2 is 1.87 bits per heavy atom. The van der Waals surface area contributed by atoms with E-state index in [1.807, 2.05) is 26.0 Å². The molecule has 0 rings (SSSR count). The lowest BCUT2D eigenvalue weighted by molar-refractivity contribution is -0.142. The van der Waals surface area contributed by atoms with Crippen molar-refractivity contribution in [3.63, 3.8) is 0 Å². The molecule has 5 nitrogen and oxygen atoms in total. The lowest BCUT2D eigenvalue weighted by atomic mass is 10.2. The standard InChI is InChI=1S/C17H29NO4S/c1-4-20-16(21-5-2)14-23-15(17(19)22-6-3)12-10-8-7-9-11-13-18/h8,10,15-16H,4-7,9,11-12,14H2,1-3H3. The highest BCUT2D eigenvalue weighted by molar-refractivity contribution is 8.00. The van der Waals surface area contributed by atoms with Crippen LogP contribution in [0.15, 0.2) is 12.2 Å². The second kappa shape index (κ2) is 15.9. The van der Waals surface area contributed by atoms with Gasteiger partial charge in [-0.05, 0) is 40.0 Å². The molecule has 0 aromatic heterocycles. The summed E-state index contributed by atoms with van der Waals surface area (Å²) in [5, 5.41) is 8.23. The van der Waals surface area contributed by atoms with Crippen molar-refractivity contribution in [2.75, 3.05) is 25.6 Å². The summed E-state index contributed by atoms with van der Waals surface area (Å²) in [7, 11) is 0. The van der Waals surface area contributed by atoms with Crippen molar-refractivity contribution >= 4 is 17.7 Å². The summed E-state index contributed by atoms with van der Waals surface area (Å²) >= 11 is 1.50. The molecular formula is C17H29NO4S. The van der Waals surface area contributed by atoms with Crippen molar-refractivity contribution in [2.24, 2.45) is 0 Å². The van der Waals surface area contributed by atoms with Crippen molar-refractivity contribution in [2.45, 2.75) is 58.0 Å². The summed E-state index contributed by atoms with van der Waals surface area (Å²) in [5.74, 6) is 0.388. The van der Waals surface area contributed by atoms with Gasteiger partial charge in [0.05, 0.1) is 12.7 Å². The van der Waals surface area contributed by atoms with Gasteiger partial charge in [-0.15, -0.1) is 11.8 Å². The van der Waals surface area contributed by atoms with E-state index < -0.39 is 0 Å². The van der Waals surface area contributed by atoms with Crippen molar-refractivity contribution in [3.8, 4) is 6.07 Å². The molecule has 0 heterocycles. The zero-order valence-electron chi connectivity index (χ0n) is 14.5. The number of esters is 1. The van der Waals surface area contributed by atoms with E-state index in [0.29, 0.717) is 38.4 Å². The minimum Gasteiger partial charge on any atom is -0.465 e. The van der Waals surface area contributed by atoms with Gasteiger partial charge in [-0.3, -0.25) is 4.79 Å². The topological polar surface area (TPSA) is 68.6 Å². The minimum absolute atomic E-state index is 0.203. The molecule has 0 aromatic rings. The van der Waals surface area contributed by atoms with Crippen LogP contribution in [-0.2, 0) is 19.0 Å². The van der Waals surface area contributed by atoms with E-state index in [1.165, 1.54) is 11.8 Å². The van der Waals surface area contributed by atoms with Crippen LogP contribution in [0, 0.1) is 11.3 Å². The number of nitriles is 1. The van der Waals surface area contributed by atoms with Crippen LogP contribution < -0.4 is 0 Å². The van der Waals surface area contributed by atoms with Crippen molar-refractivity contribution < 1.29 is 19.0 Å². The Hall–Kier alpha value is -1.03. The van der Waals surface area contributed by atoms with Gasteiger partial charge in [-0.25, -0.2) is 0 Å². The summed E-state index contributed by atoms with van der Waals surface area (Å²) < 4.78 is 16.1. The zero-order chi connectivity index (χ0) is 17.3. The normalized spacial score (nSPS) is 12.5. The van der Waals surface area contributed by atoms with Crippen LogP contribution in [0.4, 0.5) is 0 Å². The van der Waals surface area contributed by atoms with Crippen LogP contribution >= 0.6 is 11.8 Å². The van der Waals surface area contributed by atoms with Gasteiger partial charge in [0.15, 0.2) is 6.29 Å². The van der Waals surface area contributed by atoms with Gasteiger partial charge in [-0.1, -0.05) is 12.2 Å². The minimum atomic E-state index is -0.300. The highest BCUT2D eigenvalue weighted by Crippen LogP contribution is 2.20. The van der Waals surface area contributed by atoms with E-state index in [4.69, 9.17) is 19.5 Å². The highest BCUT2D eigenvalue weighted by Gasteiger charge is 2.21. The Balaban J connectivity index is 4.38. The predicted molar refractivity (Wildman–Crippen MR) is 93.1 cm³/mol. The Labute approximate surface area is 144 Å². The van der Waals surface area contributed by atoms with Crippen molar-refractivity contribution in [1.29, 1.82) is 5.26 Å². The van der Waals surface area contributed by atoms with Crippen molar-refractivity contribution in [3.05, 3.63) is 12.2 Å². The Morgan fingerprint density at radius 3 is 2.43 bits per heavy atom. The monoisotopic (exact) mass is 343 g/mol. The van der Waals surface area contributed by atoms with Crippen LogP contribution in [0.1, 0.15) is 46.5 Å². The number of carbonyl (C=O) groups excluding carboxylic acids is 1. The third-order valence-electron chi connectivity index (χ3n) is 2.86. The molecule has 0 aliphatic carbocycles. The number of rotatable bonds is 14. The van der Waals surface area contributed by atoms with Crippen LogP contribution in [0.3, 0.4) is 0 Å². The second-order valence-electron chi connectivity index (χ2n) is 4.67. The average molecular weight is 343 g/mol. The van der Waals surface area contributed by atoms with E-state index in [9.17, 15) is 4.79 Å². The van der Waals surface area contributed by atoms with Gasteiger partial charge >= 0.3 is 5.97 Å². The zero-order valence-corrected chi connectivity index (χ0v) is 15.3. The number of nitrogens with zero attached hydrogens (tertiary/aromatic N) is 1. The first-order valence-corrected chi connectivity index (χ1v) is 9.27. The van der Waals surface area contributed by atoms with E-state index in [0.717, 1.165) is 12.8 Å². The lowest BCUT2D eigenvalue weighted by Crippen LogP contribution is -2.25. The van der Waals surface area contributed by atoms with Gasteiger partial charge in [0, 0.05) is 25.4 Å². The SMILES string of the molecule is CCOC(=O)C(CC=CCCCC#N)SCC(OCC)OCC. The molecule has 0 N–H and O–H groups in total. The molecule has 0 radical (unpaired) electrons. The number of ether oxygens (including phenoxy) is 3. The third kappa shape index (κ3) is 12.1. The molecule has 0 saturated carbocycles.